The number of ether oxygens (including phenoxy) is 2. The second-order valence-corrected chi connectivity index (χ2v) is 6.46. The van der Waals surface area contributed by atoms with Crippen LogP contribution in [0.2, 0.25) is 0 Å². The molecule has 0 saturated heterocycles. The highest BCUT2D eigenvalue weighted by Gasteiger charge is 2.50. The van der Waals surface area contributed by atoms with Gasteiger partial charge in [0.05, 0.1) is 13.2 Å². The molecular weight excluding hydrogens is 266 g/mol. The predicted octanol–water partition coefficient (Wildman–Crippen LogP) is 2.40. The molecule has 21 heavy (non-hydrogen) atoms. The van der Waals surface area contributed by atoms with Gasteiger partial charge in [0, 0.05) is 18.4 Å². The Hall–Kier alpha value is -1.71. The van der Waals surface area contributed by atoms with Gasteiger partial charge in [-0.25, -0.2) is 0 Å². The van der Waals surface area contributed by atoms with Crippen LogP contribution >= 0.6 is 0 Å². The zero-order valence-electron chi connectivity index (χ0n) is 12.5. The highest BCUT2D eigenvalue weighted by atomic mass is 16.5. The van der Waals surface area contributed by atoms with Crippen LogP contribution in [0.1, 0.15) is 43.2 Å². The molecule has 0 aromatic heterocycles. The van der Waals surface area contributed by atoms with Crippen molar-refractivity contribution in [2.24, 2.45) is 5.92 Å². The van der Waals surface area contributed by atoms with Crippen LogP contribution in [0, 0.1) is 5.92 Å². The summed E-state index contributed by atoms with van der Waals surface area (Å²) in [6, 6.07) is 4.31. The maximum Gasteiger partial charge on any atom is 0.217 e. The molecule has 1 aliphatic heterocycles. The van der Waals surface area contributed by atoms with Gasteiger partial charge in [-0.1, -0.05) is 6.07 Å². The number of hydrogen-bond acceptors (Lipinski definition) is 3. The number of rotatable bonds is 2. The average molecular weight is 287 g/mol. The lowest BCUT2D eigenvalue weighted by atomic mass is 9.66. The van der Waals surface area contributed by atoms with E-state index in [1.165, 1.54) is 24.0 Å². The lowest BCUT2D eigenvalue weighted by Gasteiger charge is -2.41. The number of carbonyl (C=O) groups is 1. The SMILES string of the molecule is COc1ccc2c3c1OC1C(NC(C)=O)CCC(CC2)C31. The van der Waals surface area contributed by atoms with E-state index >= 15 is 0 Å². The van der Waals surface area contributed by atoms with Crippen molar-refractivity contribution in [3.8, 4) is 11.5 Å². The minimum Gasteiger partial charge on any atom is -0.493 e. The van der Waals surface area contributed by atoms with E-state index in [0.29, 0.717) is 11.8 Å². The Bertz CT molecular complexity index is 598. The Morgan fingerprint density at radius 3 is 2.95 bits per heavy atom. The van der Waals surface area contributed by atoms with Crippen LogP contribution in [0.4, 0.5) is 0 Å². The molecule has 1 aromatic rings. The van der Waals surface area contributed by atoms with Crippen molar-refractivity contribution in [2.75, 3.05) is 7.11 Å². The molecular formula is C17H21NO3. The molecule has 3 aliphatic rings. The second kappa shape index (κ2) is 4.65. The second-order valence-electron chi connectivity index (χ2n) is 6.46. The number of carbonyl (C=O) groups excluding carboxylic acids is 1. The molecule has 1 fully saturated rings. The summed E-state index contributed by atoms with van der Waals surface area (Å²) in [5.74, 6) is 2.88. The van der Waals surface area contributed by atoms with Crippen LogP contribution in [0.5, 0.6) is 11.5 Å². The summed E-state index contributed by atoms with van der Waals surface area (Å²) in [5, 5.41) is 3.08. The molecule has 112 valence electrons. The molecule has 0 bridgehead atoms. The third-order valence-corrected chi connectivity index (χ3v) is 5.34. The zero-order valence-corrected chi connectivity index (χ0v) is 12.5. The van der Waals surface area contributed by atoms with Crippen LogP contribution in [-0.4, -0.2) is 25.2 Å². The molecule has 2 aliphatic carbocycles. The van der Waals surface area contributed by atoms with Gasteiger partial charge < -0.3 is 14.8 Å². The molecule has 4 heteroatoms. The Labute approximate surface area is 124 Å². The summed E-state index contributed by atoms with van der Waals surface area (Å²) >= 11 is 0. The van der Waals surface area contributed by atoms with Gasteiger partial charge in [-0.05, 0) is 43.2 Å². The molecule has 1 heterocycles. The van der Waals surface area contributed by atoms with Gasteiger partial charge in [0.1, 0.15) is 6.10 Å². The van der Waals surface area contributed by atoms with Crippen molar-refractivity contribution in [1.82, 2.24) is 5.32 Å². The molecule has 1 saturated carbocycles. The summed E-state index contributed by atoms with van der Waals surface area (Å²) in [5.41, 5.74) is 2.75. The number of benzene rings is 1. The average Bonchev–Trinajstić information content (AvgIpc) is 2.88. The van der Waals surface area contributed by atoms with Crippen LogP contribution in [0.3, 0.4) is 0 Å². The van der Waals surface area contributed by atoms with Crippen molar-refractivity contribution < 1.29 is 14.3 Å². The molecule has 4 unspecified atom stereocenters. The van der Waals surface area contributed by atoms with E-state index < -0.39 is 0 Å². The molecule has 0 spiro atoms. The minimum atomic E-state index is 0.0287. The summed E-state index contributed by atoms with van der Waals surface area (Å²) in [6.45, 7) is 1.58. The predicted molar refractivity (Wildman–Crippen MR) is 78.8 cm³/mol. The maximum atomic E-state index is 11.5. The Kier molecular flexibility index (Phi) is 2.88. The monoisotopic (exact) mass is 287 g/mol. The van der Waals surface area contributed by atoms with Crippen molar-refractivity contribution in [3.63, 3.8) is 0 Å². The standard InChI is InChI=1S/C17H21NO3/c1-9(19)18-12-7-5-10-3-4-11-6-8-13(20-2)17-15(11)14(10)16(12)21-17/h6,8,10,12,14,16H,3-5,7H2,1-2H3,(H,18,19). The summed E-state index contributed by atoms with van der Waals surface area (Å²) in [6.07, 6.45) is 4.62. The lowest BCUT2D eigenvalue weighted by Crippen LogP contribution is -2.51. The molecule has 4 atom stereocenters. The largest absolute Gasteiger partial charge is 0.493 e. The Morgan fingerprint density at radius 1 is 1.33 bits per heavy atom. The van der Waals surface area contributed by atoms with Gasteiger partial charge in [-0.15, -0.1) is 0 Å². The summed E-state index contributed by atoms with van der Waals surface area (Å²) in [4.78, 5) is 11.5. The van der Waals surface area contributed by atoms with E-state index in [0.717, 1.165) is 24.3 Å². The number of nitrogens with one attached hydrogen (secondary N) is 1. The first kappa shape index (κ1) is 13.0. The number of methoxy groups -OCH3 is 1. The van der Waals surface area contributed by atoms with Crippen molar-refractivity contribution in [2.45, 2.75) is 50.7 Å². The van der Waals surface area contributed by atoms with Gasteiger partial charge in [0.2, 0.25) is 5.91 Å². The fraction of sp³-hybridized carbons (Fsp3) is 0.588. The van der Waals surface area contributed by atoms with E-state index in [9.17, 15) is 4.79 Å². The Balaban J connectivity index is 1.78. The molecule has 4 rings (SSSR count). The number of aryl methyl sites for hydroxylation is 1. The quantitative estimate of drug-likeness (QED) is 0.908. The fourth-order valence-electron chi connectivity index (χ4n) is 4.51. The molecule has 4 nitrogen and oxygen atoms in total. The normalized spacial score (nSPS) is 32.1. The highest BCUT2D eigenvalue weighted by molar-refractivity contribution is 5.73. The molecule has 1 aromatic carbocycles. The van der Waals surface area contributed by atoms with E-state index in [2.05, 4.69) is 11.4 Å². The lowest BCUT2D eigenvalue weighted by molar-refractivity contribution is -0.120. The van der Waals surface area contributed by atoms with Gasteiger partial charge in [-0.3, -0.25) is 4.79 Å². The Morgan fingerprint density at radius 2 is 2.19 bits per heavy atom. The fourth-order valence-corrected chi connectivity index (χ4v) is 4.51. The topological polar surface area (TPSA) is 47.6 Å². The summed E-state index contributed by atoms with van der Waals surface area (Å²) < 4.78 is 11.8. The van der Waals surface area contributed by atoms with E-state index in [4.69, 9.17) is 9.47 Å². The van der Waals surface area contributed by atoms with Crippen LogP contribution < -0.4 is 14.8 Å². The first-order valence-electron chi connectivity index (χ1n) is 7.82. The van der Waals surface area contributed by atoms with Gasteiger partial charge in [0.15, 0.2) is 11.5 Å². The zero-order chi connectivity index (χ0) is 14.6. The third-order valence-electron chi connectivity index (χ3n) is 5.34. The van der Waals surface area contributed by atoms with E-state index in [-0.39, 0.29) is 18.1 Å². The van der Waals surface area contributed by atoms with Crippen LogP contribution in [0.15, 0.2) is 12.1 Å². The number of hydrogen-bond donors (Lipinski definition) is 1. The van der Waals surface area contributed by atoms with Gasteiger partial charge in [0.25, 0.3) is 0 Å². The van der Waals surface area contributed by atoms with Crippen molar-refractivity contribution >= 4 is 5.91 Å². The third kappa shape index (κ3) is 1.84. The minimum absolute atomic E-state index is 0.0287. The molecule has 0 radical (unpaired) electrons. The first-order chi connectivity index (χ1) is 10.2. The molecule has 1 amide bonds. The van der Waals surface area contributed by atoms with Crippen molar-refractivity contribution in [1.29, 1.82) is 0 Å². The van der Waals surface area contributed by atoms with Gasteiger partial charge in [-0.2, -0.15) is 0 Å². The van der Waals surface area contributed by atoms with Crippen LogP contribution in [0.25, 0.3) is 0 Å². The van der Waals surface area contributed by atoms with E-state index in [1.807, 2.05) is 6.07 Å². The summed E-state index contributed by atoms with van der Waals surface area (Å²) in [7, 11) is 1.69. The number of amides is 1. The first-order valence-corrected chi connectivity index (χ1v) is 7.82. The van der Waals surface area contributed by atoms with E-state index in [1.54, 1.807) is 14.0 Å². The smallest absolute Gasteiger partial charge is 0.217 e. The van der Waals surface area contributed by atoms with Crippen molar-refractivity contribution in [3.05, 3.63) is 23.3 Å². The van der Waals surface area contributed by atoms with Crippen LogP contribution in [-0.2, 0) is 11.2 Å². The molecule has 1 N–H and O–H groups in total. The maximum absolute atomic E-state index is 11.5. The van der Waals surface area contributed by atoms with Gasteiger partial charge >= 0.3 is 0 Å². The highest BCUT2D eigenvalue weighted by Crippen LogP contribution is 2.56.